The van der Waals surface area contributed by atoms with Gasteiger partial charge in [0.25, 0.3) is 0 Å². The summed E-state index contributed by atoms with van der Waals surface area (Å²) in [5, 5.41) is 2.62. The van der Waals surface area contributed by atoms with Crippen molar-refractivity contribution in [2.24, 2.45) is 0 Å². The molecule has 0 atom stereocenters. The fourth-order valence-corrected chi connectivity index (χ4v) is 3.52. The van der Waals surface area contributed by atoms with Gasteiger partial charge in [-0.1, -0.05) is 6.07 Å². The summed E-state index contributed by atoms with van der Waals surface area (Å²) in [4.78, 5) is 15.8. The molecule has 1 heterocycles. The van der Waals surface area contributed by atoms with E-state index < -0.39 is 22.5 Å². The quantitative estimate of drug-likeness (QED) is 0.617. The molecule has 1 aromatic carbocycles. The lowest BCUT2D eigenvalue weighted by Gasteiger charge is -2.16. The predicted molar refractivity (Wildman–Crippen MR) is 100 cm³/mol. The summed E-state index contributed by atoms with van der Waals surface area (Å²) < 4.78 is 59.7. The first-order valence-corrected chi connectivity index (χ1v) is 9.93. The Hall–Kier alpha value is -2.79. The molecular formula is C18H21F2N3O5S. The van der Waals surface area contributed by atoms with Crippen molar-refractivity contribution in [3.63, 3.8) is 0 Å². The van der Waals surface area contributed by atoms with E-state index in [0.717, 1.165) is 9.87 Å². The highest BCUT2D eigenvalue weighted by molar-refractivity contribution is 7.89. The first kappa shape index (κ1) is 22.5. The molecule has 0 aliphatic heterocycles. The number of halogens is 2. The van der Waals surface area contributed by atoms with Crippen molar-refractivity contribution in [3.8, 4) is 11.5 Å². The molecule has 29 heavy (non-hydrogen) atoms. The number of methoxy groups -OCH3 is 1. The Morgan fingerprint density at radius 2 is 2.03 bits per heavy atom. The Morgan fingerprint density at radius 3 is 2.66 bits per heavy atom. The van der Waals surface area contributed by atoms with E-state index in [2.05, 4.69) is 15.0 Å². The Bertz CT molecular complexity index is 926. The van der Waals surface area contributed by atoms with E-state index in [1.165, 1.54) is 50.8 Å². The topological polar surface area (TPSA) is 97.8 Å². The average Bonchev–Trinajstić information content (AvgIpc) is 2.69. The van der Waals surface area contributed by atoms with Crippen molar-refractivity contribution >= 4 is 15.9 Å². The molecule has 0 saturated heterocycles. The number of nitrogens with zero attached hydrogens (tertiary/aromatic N) is 2. The molecule has 2 rings (SSSR count). The fourth-order valence-electron chi connectivity index (χ4n) is 2.43. The van der Waals surface area contributed by atoms with Gasteiger partial charge in [0.15, 0.2) is 11.5 Å². The highest BCUT2D eigenvalue weighted by Crippen LogP contribution is 2.29. The van der Waals surface area contributed by atoms with Crippen molar-refractivity contribution in [2.75, 3.05) is 27.2 Å². The van der Waals surface area contributed by atoms with Crippen molar-refractivity contribution in [3.05, 3.63) is 48.3 Å². The normalized spacial score (nSPS) is 11.5. The molecular weight excluding hydrogens is 408 g/mol. The van der Waals surface area contributed by atoms with Crippen molar-refractivity contribution < 1.29 is 31.5 Å². The molecule has 0 radical (unpaired) electrons. The molecule has 0 aliphatic rings. The number of aromatic nitrogens is 1. The fraction of sp³-hybridized carbons (Fsp3) is 0.333. The van der Waals surface area contributed by atoms with Crippen molar-refractivity contribution in [1.82, 2.24) is 14.6 Å². The van der Waals surface area contributed by atoms with Gasteiger partial charge < -0.3 is 14.8 Å². The molecule has 0 bridgehead atoms. The van der Waals surface area contributed by atoms with Gasteiger partial charge >= 0.3 is 6.61 Å². The number of nitrogens with one attached hydrogen (secondary N) is 1. The highest BCUT2D eigenvalue weighted by atomic mass is 32.2. The lowest BCUT2D eigenvalue weighted by atomic mass is 10.1. The number of hydrogen-bond donors (Lipinski definition) is 1. The van der Waals surface area contributed by atoms with Crippen LogP contribution in [0, 0.1) is 0 Å². The maximum Gasteiger partial charge on any atom is 0.387 e. The van der Waals surface area contributed by atoms with Gasteiger partial charge in [-0.15, -0.1) is 0 Å². The van der Waals surface area contributed by atoms with Gasteiger partial charge in [0, 0.05) is 26.0 Å². The van der Waals surface area contributed by atoms with Crippen LogP contribution in [0.5, 0.6) is 11.5 Å². The van der Waals surface area contributed by atoms with E-state index in [1.54, 1.807) is 6.07 Å². The van der Waals surface area contributed by atoms with Gasteiger partial charge in [-0.2, -0.15) is 13.1 Å². The summed E-state index contributed by atoms with van der Waals surface area (Å²) in [5.74, 6) is -0.418. The zero-order valence-electron chi connectivity index (χ0n) is 15.8. The van der Waals surface area contributed by atoms with Crippen LogP contribution in [0.4, 0.5) is 8.78 Å². The van der Waals surface area contributed by atoms with Crippen LogP contribution in [-0.4, -0.2) is 57.5 Å². The highest BCUT2D eigenvalue weighted by Gasteiger charge is 2.22. The second-order valence-corrected chi connectivity index (χ2v) is 7.96. The number of sulfonamides is 1. The summed E-state index contributed by atoms with van der Waals surface area (Å²) >= 11 is 0. The van der Waals surface area contributed by atoms with Gasteiger partial charge in [0.1, 0.15) is 4.90 Å². The Kier molecular flexibility index (Phi) is 7.85. The molecule has 158 valence electrons. The van der Waals surface area contributed by atoms with E-state index in [9.17, 15) is 22.0 Å². The number of benzene rings is 1. The van der Waals surface area contributed by atoms with Crippen molar-refractivity contribution in [1.29, 1.82) is 0 Å². The minimum Gasteiger partial charge on any atom is -0.493 e. The van der Waals surface area contributed by atoms with E-state index in [4.69, 9.17) is 4.74 Å². The monoisotopic (exact) mass is 429 g/mol. The number of hydrogen-bond acceptors (Lipinski definition) is 6. The van der Waals surface area contributed by atoms with Gasteiger partial charge in [-0.05, 0) is 36.2 Å². The number of likely N-dealkylation sites (N-methyl/N-ethyl adjacent to an activating group) is 1. The number of pyridine rings is 1. The van der Waals surface area contributed by atoms with Crippen molar-refractivity contribution in [2.45, 2.75) is 17.9 Å². The third-order valence-corrected chi connectivity index (χ3v) is 5.68. The first-order chi connectivity index (χ1) is 13.7. The molecule has 2 aromatic rings. The SMILES string of the molecule is COc1cc(CCNC(=O)CN(C)S(=O)(=O)c2cccnc2)ccc1OC(F)F. The molecule has 0 spiro atoms. The predicted octanol–water partition coefficient (Wildman–Crippen LogP) is 1.67. The van der Waals surface area contributed by atoms with E-state index >= 15 is 0 Å². The zero-order valence-corrected chi connectivity index (χ0v) is 16.7. The van der Waals surface area contributed by atoms with Crippen LogP contribution in [0.15, 0.2) is 47.6 Å². The van der Waals surface area contributed by atoms with Gasteiger partial charge in [-0.25, -0.2) is 8.42 Å². The molecule has 1 amide bonds. The molecule has 8 nitrogen and oxygen atoms in total. The number of amides is 1. The molecule has 11 heteroatoms. The standard InChI is InChI=1S/C18H21F2N3O5S/c1-23(29(25,26)14-4-3-8-21-11-14)12-17(24)22-9-7-13-5-6-15(28-18(19)20)16(10-13)27-2/h3-6,8,10-11,18H,7,9,12H2,1-2H3,(H,22,24). The Balaban J connectivity index is 1.88. The van der Waals surface area contributed by atoms with Crippen LogP contribution in [0.2, 0.25) is 0 Å². The number of carbonyl (C=O) groups excluding carboxylic acids is 1. The zero-order chi connectivity index (χ0) is 21.4. The summed E-state index contributed by atoms with van der Waals surface area (Å²) in [6.07, 6.45) is 3.04. The molecule has 0 unspecified atom stereocenters. The smallest absolute Gasteiger partial charge is 0.387 e. The molecule has 0 saturated carbocycles. The van der Waals surface area contributed by atoms with Crippen LogP contribution in [0.3, 0.4) is 0 Å². The van der Waals surface area contributed by atoms with Gasteiger partial charge in [0.2, 0.25) is 15.9 Å². The van der Waals surface area contributed by atoms with Gasteiger partial charge in [-0.3, -0.25) is 9.78 Å². The molecule has 0 aliphatic carbocycles. The number of rotatable bonds is 10. The molecule has 1 N–H and O–H groups in total. The second-order valence-electron chi connectivity index (χ2n) is 5.91. The Morgan fingerprint density at radius 1 is 1.28 bits per heavy atom. The molecule has 1 aromatic heterocycles. The molecule has 0 fully saturated rings. The summed E-state index contributed by atoms with van der Waals surface area (Å²) in [6.45, 7) is -3.10. The van der Waals surface area contributed by atoms with Gasteiger partial charge in [0.05, 0.1) is 13.7 Å². The van der Waals surface area contributed by atoms with Crippen LogP contribution in [0.1, 0.15) is 5.56 Å². The van der Waals surface area contributed by atoms with E-state index in [-0.39, 0.29) is 29.5 Å². The number of ether oxygens (including phenoxy) is 2. The minimum atomic E-state index is -3.82. The maximum atomic E-state index is 12.4. The summed E-state index contributed by atoms with van der Waals surface area (Å²) in [7, 11) is -1.19. The average molecular weight is 429 g/mol. The van der Waals surface area contributed by atoms with Crippen LogP contribution in [-0.2, 0) is 21.2 Å². The summed E-state index contributed by atoms with van der Waals surface area (Å²) in [6, 6.07) is 7.35. The third-order valence-electron chi connectivity index (χ3n) is 3.89. The lowest BCUT2D eigenvalue weighted by molar-refractivity contribution is -0.121. The first-order valence-electron chi connectivity index (χ1n) is 8.49. The lowest BCUT2D eigenvalue weighted by Crippen LogP contribution is -2.39. The van der Waals surface area contributed by atoms with E-state index in [1.807, 2.05) is 0 Å². The largest absolute Gasteiger partial charge is 0.493 e. The Labute approximate surface area is 167 Å². The number of alkyl halides is 2. The minimum absolute atomic E-state index is 0.00602. The van der Waals surface area contributed by atoms with Crippen LogP contribution < -0.4 is 14.8 Å². The summed E-state index contributed by atoms with van der Waals surface area (Å²) in [5.41, 5.74) is 0.722. The van der Waals surface area contributed by atoms with E-state index in [0.29, 0.717) is 6.42 Å². The number of carbonyl (C=O) groups is 1. The second kappa shape index (κ2) is 10.1. The maximum absolute atomic E-state index is 12.4. The van der Waals surface area contributed by atoms with Crippen LogP contribution in [0.25, 0.3) is 0 Å². The third kappa shape index (κ3) is 6.36. The van der Waals surface area contributed by atoms with Crippen LogP contribution >= 0.6 is 0 Å².